The topological polar surface area (TPSA) is 0 Å². The van der Waals surface area contributed by atoms with Gasteiger partial charge in [0.25, 0.3) is 0 Å². The van der Waals surface area contributed by atoms with Crippen molar-refractivity contribution in [2.45, 2.75) is 172 Å². The van der Waals surface area contributed by atoms with E-state index in [-0.39, 0.29) is 0 Å². The number of hydrogen-bond acceptors (Lipinski definition) is 0. The third-order valence-corrected chi connectivity index (χ3v) is 9.29. The summed E-state index contributed by atoms with van der Waals surface area (Å²) in [5, 5.41) is 0. The molecule has 0 radical (unpaired) electrons. The Balaban J connectivity index is 0.000000195. The van der Waals surface area contributed by atoms with E-state index in [1.54, 1.807) is 0 Å². The highest BCUT2D eigenvalue weighted by molar-refractivity contribution is 4.86. The van der Waals surface area contributed by atoms with Crippen LogP contribution < -0.4 is 0 Å². The molecule has 0 nitrogen and oxygen atoms in total. The molecule has 0 aromatic heterocycles. The molecule has 0 aromatic rings. The monoisotopic (exact) mass is 434 g/mol. The Kier molecular flexibility index (Phi) is 11.2. The van der Waals surface area contributed by atoms with Crippen molar-refractivity contribution in [3.63, 3.8) is 0 Å². The largest absolute Gasteiger partial charge is 0.0649 e. The summed E-state index contributed by atoms with van der Waals surface area (Å²) in [5.74, 6) is 0. The van der Waals surface area contributed by atoms with Gasteiger partial charge in [-0.15, -0.1) is 0 Å². The summed E-state index contributed by atoms with van der Waals surface area (Å²) in [7, 11) is 0. The van der Waals surface area contributed by atoms with E-state index in [1.165, 1.54) is 103 Å². The summed E-state index contributed by atoms with van der Waals surface area (Å²) in [6.45, 7) is 23.3. The third-order valence-electron chi connectivity index (χ3n) is 9.29. The van der Waals surface area contributed by atoms with E-state index in [0.29, 0.717) is 5.41 Å². The first-order chi connectivity index (χ1) is 14.2. The van der Waals surface area contributed by atoms with Crippen LogP contribution in [0, 0.1) is 27.1 Å². The first-order valence-electron chi connectivity index (χ1n) is 14.2. The fourth-order valence-electron chi connectivity index (χ4n) is 4.17. The summed E-state index contributed by atoms with van der Waals surface area (Å²) < 4.78 is 0. The summed E-state index contributed by atoms with van der Waals surface area (Å²) in [6.07, 6.45) is 23.2. The quantitative estimate of drug-likeness (QED) is 0.405. The van der Waals surface area contributed by atoms with Crippen molar-refractivity contribution >= 4 is 0 Å². The maximum atomic E-state index is 2.39. The molecule has 0 unspecified atom stereocenters. The molecule has 0 amide bonds. The fraction of sp³-hybridized carbons (Fsp3) is 1.00. The molecule has 0 bridgehead atoms. The van der Waals surface area contributed by atoms with Crippen molar-refractivity contribution < 1.29 is 0 Å². The zero-order valence-electron chi connectivity index (χ0n) is 23.8. The molecule has 0 spiro atoms. The van der Waals surface area contributed by atoms with Gasteiger partial charge in [0.15, 0.2) is 0 Å². The van der Waals surface area contributed by atoms with Gasteiger partial charge >= 0.3 is 0 Å². The van der Waals surface area contributed by atoms with Gasteiger partial charge in [0.1, 0.15) is 0 Å². The molecule has 0 heteroatoms. The average molecular weight is 435 g/mol. The molecule has 0 aliphatic heterocycles. The molecular weight excluding hydrogens is 372 g/mol. The SMILES string of the molecule is CC1(C)CC1.CC1(C)CCC1.CC1(C)CCCC1.CCC1(C)CC1.CCC1(C)CCC1. The zero-order chi connectivity index (χ0) is 23.8. The lowest BCUT2D eigenvalue weighted by atomic mass is 9.69. The fourth-order valence-corrected chi connectivity index (χ4v) is 4.17. The van der Waals surface area contributed by atoms with Crippen molar-refractivity contribution in [1.82, 2.24) is 0 Å². The summed E-state index contributed by atoms with van der Waals surface area (Å²) >= 11 is 0. The smallest absolute Gasteiger partial charge is 0.0328 e. The minimum absolute atomic E-state index is 0.694. The Bertz CT molecular complexity index is 455. The van der Waals surface area contributed by atoms with Gasteiger partial charge in [-0.1, -0.05) is 108 Å². The Hall–Kier alpha value is 0. The molecule has 5 saturated carbocycles. The van der Waals surface area contributed by atoms with Crippen LogP contribution in [0.5, 0.6) is 0 Å². The van der Waals surface area contributed by atoms with Crippen LogP contribution in [0.2, 0.25) is 0 Å². The second-order valence-corrected chi connectivity index (χ2v) is 14.7. The minimum Gasteiger partial charge on any atom is -0.0649 e. The van der Waals surface area contributed by atoms with E-state index in [2.05, 4.69) is 69.2 Å². The molecule has 31 heavy (non-hydrogen) atoms. The van der Waals surface area contributed by atoms with Crippen LogP contribution in [-0.2, 0) is 0 Å². The highest BCUT2D eigenvalue weighted by atomic mass is 14.4. The van der Waals surface area contributed by atoms with Crippen LogP contribution >= 0.6 is 0 Å². The van der Waals surface area contributed by atoms with E-state index in [0.717, 1.165) is 21.7 Å². The average Bonchev–Trinajstić information content (AvgIpc) is 3.53. The first kappa shape index (κ1) is 29.0. The van der Waals surface area contributed by atoms with E-state index in [1.807, 2.05) is 0 Å². The van der Waals surface area contributed by atoms with Crippen LogP contribution in [0.25, 0.3) is 0 Å². The molecule has 5 aliphatic rings. The lowest BCUT2D eigenvalue weighted by Crippen LogP contribution is -2.23. The van der Waals surface area contributed by atoms with E-state index < -0.39 is 0 Å². The molecule has 5 fully saturated rings. The molecule has 0 atom stereocenters. The number of hydrogen-bond donors (Lipinski definition) is 0. The van der Waals surface area contributed by atoms with E-state index >= 15 is 0 Å². The Labute approximate surface area is 199 Å². The molecule has 186 valence electrons. The van der Waals surface area contributed by atoms with Gasteiger partial charge in [-0.3, -0.25) is 0 Å². The van der Waals surface area contributed by atoms with Gasteiger partial charge in [0, 0.05) is 0 Å². The minimum atomic E-state index is 0.694. The highest BCUT2D eigenvalue weighted by Gasteiger charge is 2.34. The summed E-state index contributed by atoms with van der Waals surface area (Å²) in [6, 6.07) is 0. The van der Waals surface area contributed by atoms with Crippen LogP contribution in [-0.4, -0.2) is 0 Å². The normalized spacial score (nSPS) is 28.1. The van der Waals surface area contributed by atoms with Crippen LogP contribution in [0.4, 0.5) is 0 Å². The van der Waals surface area contributed by atoms with Gasteiger partial charge in [-0.2, -0.15) is 0 Å². The highest BCUT2D eigenvalue weighted by Crippen LogP contribution is 2.47. The van der Waals surface area contributed by atoms with Gasteiger partial charge in [-0.25, -0.2) is 0 Å². The third kappa shape index (κ3) is 14.0. The molecule has 0 saturated heterocycles. The van der Waals surface area contributed by atoms with E-state index in [4.69, 9.17) is 0 Å². The van der Waals surface area contributed by atoms with Crippen molar-refractivity contribution in [2.24, 2.45) is 27.1 Å². The standard InChI is InChI=1S/2C7H14.2C6H12.C5H10/c1-7(2)5-3-4-6-7;1-3-7(2)5-4-6-7;1-6(2)4-3-5-6;1-3-6(2)4-5-6;1-5(2)3-4-5/h2*3-6H2,1-2H3;2*3-5H2,1-2H3;3-4H2,1-2H3. The molecule has 0 aromatic carbocycles. The van der Waals surface area contributed by atoms with Crippen molar-refractivity contribution in [3.05, 3.63) is 0 Å². The molecule has 5 rings (SSSR count). The molecule has 0 heterocycles. The molecule has 0 N–H and O–H groups in total. The van der Waals surface area contributed by atoms with E-state index in [9.17, 15) is 0 Å². The summed E-state index contributed by atoms with van der Waals surface area (Å²) in [4.78, 5) is 0. The second-order valence-electron chi connectivity index (χ2n) is 14.7. The van der Waals surface area contributed by atoms with Gasteiger partial charge in [-0.05, 0) is 91.3 Å². The van der Waals surface area contributed by atoms with Crippen LogP contribution in [0.3, 0.4) is 0 Å². The predicted octanol–water partition coefficient (Wildman–Crippen LogP) is 11.4. The Morgan fingerprint density at radius 1 is 0.355 bits per heavy atom. The Morgan fingerprint density at radius 3 is 0.645 bits per heavy atom. The van der Waals surface area contributed by atoms with Crippen LogP contribution in [0.1, 0.15) is 172 Å². The van der Waals surface area contributed by atoms with Crippen molar-refractivity contribution in [2.75, 3.05) is 0 Å². The zero-order valence-corrected chi connectivity index (χ0v) is 23.8. The van der Waals surface area contributed by atoms with Crippen molar-refractivity contribution in [3.8, 4) is 0 Å². The number of rotatable bonds is 2. The predicted molar refractivity (Wildman–Crippen MR) is 143 cm³/mol. The maximum Gasteiger partial charge on any atom is -0.0328 e. The lowest BCUT2D eigenvalue weighted by molar-refractivity contribution is 0.155. The first-order valence-corrected chi connectivity index (χ1v) is 14.2. The maximum absolute atomic E-state index is 2.39. The van der Waals surface area contributed by atoms with Gasteiger partial charge in [0.2, 0.25) is 0 Å². The molecular formula is C31H62. The second kappa shape index (κ2) is 11.9. The van der Waals surface area contributed by atoms with Crippen LogP contribution in [0.15, 0.2) is 0 Å². The lowest BCUT2D eigenvalue weighted by Gasteiger charge is -2.37. The van der Waals surface area contributed by atoms with Gasteiger partial charge < -0.3 is 0 Å². The van der Waals surface area contributed by atoms with Gasteiger partial charge in [0.05, 0.1) is 0 Å². The molecule has 5 aliphatic carbocycles. The Morgan fingerprint density at radius 2 is 0.613 bits per heavy atom. The van der Waals surface area contributed by atoms with Crippen molar-refractivity contribution in [1.29, 1.82) is 0 Å². The summed E-state index contributed by atoms with van der Waals surface area (Å²) in [5.41, 5.74) is 3.72.